The van der Waals surface area contributed by atoms with Gasteiger partial charge in [-0.25, -0.2) is 64.2 Å². The maximum absolute atomic E-state index is 12.5. The molecule has 2 fully saturated rings. The summed E-state index contributed by atoms with van der Waals surface area (Å²) in [4.78, 5) is 63.6. The molecule has 32 nitrogen and oxygen atoms in total. The van der Waals surface area contributed by atoms with Crippen LogP contribution in [0.15, 0.2) is 239 Å². The minimum atomic E-state index is -0.137. The van der Waals surface area contributed by atoms with Gasteiger partial charge in [0.15, 0.2) is 24.3 Å². The number of nitrogens with zero attached hydrogens (tertiary/aromatic N) is 20. The van der Waals surface area contributed by atoms with E-state index in [0.717, 1.165) is 201 Å². The van der Waals surface area contributed by atoms with Crippen LogP contribution in [0.4, 0.5) is 27.9 Å². The van der Waals surface area contributed by atoms with Crippen LogP contribution in [0.2, 0.25) is 0 Å². The zero-order valence-corrected chi connectivity index (χ0v) is 90.0. The number of ether oxygens (including phenoxy) is 2. The van der Waals surface area contributed by atoms with Crippen LogP contribution in [0.1, 0.15) is 205 Å². The van der Waals surface area contributed by atoms with Crippen molar-refractivity contribution in [2.75, 3.05) is 69.5 Å². The first-order valence-corrected chi connectivity index (χ1v) is 48.2. The fraction of sp³-hybridized carbons (Fsp3) is 0.387. The first-order chi connectivity index (χ1) is 68.6. The van der Waals surface area contributed by atoms with Crippen LogP contribution in [0.25, 0.3) is 0 Å². The van der Waals surface area contributed by atoms with Gasteiger partial charge >= 0.3 is 0 Å². The molecule has 0 saturated carbocycles. The van der Waals surface area contributed by atoms with Gasteiger partial charge in [0, 0.05) is 209 Å². The number of hydrogen-bond acceptors (Lipinski definition) is 27. The summed E-state index contributed by atoms with van der Waals surface area (Å²) < 4.78 is 25.7. The average molecular weight is 1970 g/mol. The van der Waals surface area contributed by atoms with Crippen LogP contribution in [0, 0.1) is 138 Å². The molecule has 776 valence electrons. The number of anilines is 4. The van der Waals surface area contributed by atoms with Crippen molar-refractivity contribution < 1.29 is 33.3 Å². The summed E-state index contributed by atoms with van der Waals surface area (Å²) in [6.45, 7) is 53.0. The van der Waals surface area contributed by atoms with Gasteiger partial charge in [0.2, 0.25) is 24.3 Å². The summed E-state index contributed by atoms with van der Waals surface area (Å²) in [6.07, 6.45) is 36.6. The number of likely N-dealkylation sites (tertiary alicyclic amines) is 2. The highest BCUT2D eigenvalue weighted by Crippen LogP contribution is 2.15. The van der Waals surface area contributed by atoms with Crippen LogP contribution in [0.5, 0.6) is 0 Å². The SMILES string of the molecule is CCCNc1nccc(C)n1.CCc1c[n+]([O-])ccc1C.CCc1cc(C)cc[n+]1[O-].CCc1cc(C)ccn1.CCc1cc(F)ccc1C.CCc1nccc(C)n1.COC1CCN(C(C)=N)C1.COC1CCN(C(C)=N)CC1.Cc1cc[n+](O)cc1.Cc1ccnc(C)c1.Cc1ccnc(C)n1.Cc1ccnc(CN)c1.Cc1ccnc(N)c1.Cc1ccnc(N)c1.Cc1ccnc(N)n1.Cc1ccncn1. The molecule has 15 heterocycles. The van der Waals surface area contributed by atoms with E-state index in [2.05, 4.69) is 132 Å². The zero-order valence-electron chi connectivity index (χ0n) is 90.0. The van der Waals surface area contributed by atoms with Crippen molar-refractivity contribution in [2.45, 2.75) is 243 Å². The number of aromatic nitrogens is 18. The van der Waals surface area contributed by atoms with Gasteiger partial charge in [-0.15, -0.1) is 0 Å². The molecule has 0 aliphatic carbocycles. The van der Waals surface area contributed by atoms with Crippen molar-refractivity contribution in [1.82, 2.24) is 84.6 Å². The third kappa shape index (κ3) is 63.1. The lowest BCUT2D eigenvalue weighted by Crippen LogP contribution is -2.39. The number of amidine groups is 2. The van der Waals surface area contributed by atoms with E-state index in [1.54, 1.807) is 101 Å². The van der Waals surface area contributed by atoms with E-state index in [0.29, 0.717) is 48.0 Å². The van der Waals surface area contributed by atoms with Gasteiger partial charge in [0.25, 0.3) is 0 Å². The summed E-state index contributed by atoms with van der Waals surface area (Å²) in [5.74, 6) is 5.20. The predicted molar refractivity (Wildman–Crippen MR) is 580 cm³/mol. The first-order valence-electron chi connectivity index (χ1n) is 48.2. The number of methoxy groups -OCH3 is 2. The normalized spacial score (nSPS) is 11.4. The molecule has 14 aromatic rings. The van der Waals surface area contributed by atoms with Gasteiger partial charge in [-0.1, -0.05) is 47.6 Å². The number of nitrogen functional groups attached to an aromatic ring is 3. The largest absolute Gasteiger partial charge is 0.619 e. The number of hydrogen-bond donors (Lipinski definition) is 8. The Morgan fingerprint density at radius 2 is 0.910 bits per heavy atom. The molecular weight excluding hydrogens is 1810 g/mol. The van der Waals surface area contributed by atoms with Crippen molar-refractivity contribution in [1.29, 1.82) is 10.8 Å². The predicted octanol–water partition coefficient (Wildman–Crippen LogP) is 19.0. The molecule has 2 aliphatic heterocycles. The maximum Gasteiger partial charge on any atom is 0.222 e. The Balaban J connectivity index is 0.000000769. The fourth-order valence-corrected chi connectivity index (χ4v) is 12.2. The van der Waals surface area contributed by atoms with E-state index in [1.807, 2.05) is 258 Å². The molecule has 144 heavy (non-hydrogen) atoms. The molecule has 1 aromatic carbocycles. The fourth-order valence-electron chi connectivity index (χ4n) is 12.2. The highest BCUT2D eigenvalue weighted by atomic mass is 19.1. The summed E-state index contributed by atoms with van der Waals surface area (Å²) in [5, 5.41) is 48.1. The molecule has 0 spiro atoms. The smallest absolute Gasteiger partial charge is 0.222 e. The van der Waals surface area contributed by atoms with Crippen molar-refractivity contribution in [3.8, 4) is 0 Å². The molecule has 0 radical (unpaired) electrons. The van der Waals surface area contributed by atoms with Crippen molar-refractivity contribution in [3.63, 3.8) is 0 Å². The Labute approximate surface area is 856 Å². The van der Waals surface area contributed by atoms with E-state index < -0.39 is 0 Å². The monoisotopic (exact) mass is 1970 g/mol. The lowest BCUT2D eigenvalue weighted by Gasteiger charge is -2.31. The number of benzene rings is 1. The zero-order chi connectivity index (χ0) is 108. The number of pyridine rings is 8. The second kappa shape index (κ2) is 76.0. The molecule has 1 unspecified atom stereocenters. The van der Waals surface area contributed by atoms with Gasteiger partial charge in [-0.3, -0.25) is 31.0 Å². The number of nitrogens with one attached hydrogen (secondary N) is 3. The number of halogens is 1. The highest BCUT2D eigenvalue weighted by molar-refractivity contribution is 5.76. The highest BCUT2D eigenvalue weighted by Gasteiger charge is 2.22. The minimum Gasteiger partial charge on any atom is -0.619 e. The van der Waals surface area contributed by atoms with Gasteiger partial charge in [0.1, 0.15) is 35.4 Å². The van der Waals surface area contributed by atoms with Gasteiger partial charge in [-0.2, -0.15) is 9.46 Å². The van der Waals surface area contributed by atoms with E-state index in [-0.39, 0.29) is 5.82 Å². The maximum atomic E-state index is 12.5. The molecule has 16 rings (SSSR count). The van der Waals surface area contributed by atoms with Crippen molar-refractivity contribution >= 4 is 35.2 Å². The van der Waals surface area contributed by atoms with Crippen molar-refractivity contribution in [2.24, 2.45) is 5.73 Å². The van der Waals surface area contributed by atoms with E-state index >= 15 is 0 Å². The summed E-state index contributed by atoms with van der Waals surface area (Å²) in [5.41, 5.74) is 43.3. The number of nitrogens with two attached hydrogens (primary N) is 4. The third-order valence-corrected chi connectivity index (χ3v) is 20.4. The van der Waals surface area contributed by atoms with E-state index in [9.17, 15) is 14.8 Å². The quantitative estimate of drug-likeness (QED) is 0.0196. The first kappa shape index (κ1) is 127. The minimum absolute atomic E-state index is 0.137. The van der Waals surface area contributed by atoms with Crippen LogP contribution in [-0.2, 0) is 48.1 Å². The second-order valence-corrected chi connectivity index (χ2v) is 33.4. The summed E-state index contributed by atoms with van der Waals surface area (Å²) >= 11 is 0. The molecule has 0 bridgehead atoms. The van der Waals surface area contributed by atoms with Gasteiger partial charge in [0.05, 0.1) is 29.6 Å². The molecule has 2 saturated heterocycles. The number of rotatable bonds is 11. The van der Waals surface area contributed by atoms with Gasteiger partial charge in [-0.05, 0) is 328 Å². The molecule has 0 amide bonds. The van der Waals surface area contributed by atoms with Crippen LogP contribution in [0.3, 0.4) is 0 Å². The molecule has 33 heteroatoms. The molecular formula is C111H161FN27O5+. The Morgan fingerprint density at radius 3 is 1.26 bits per heavy atom. The summed E-state index contributed by atoms with van der Waals surface area (Å²) in [6, 6.07) is 43.1. The van der Waals surface area contributed by atoms with E-state index in [4.69, 9.17) is 48.4 Å². The average Bonchev–Trinajstić information content (AvgIpc) is 1.67. The number of aryl methyl sites for hydroxylation is 21. The Bertz CT molecular complexity index is 5240. The van der Waals surface area contributed by atoms with Gasteiger partial charge < -0.3 is 57.9 Å². The van der Waals surface area contributed by atoms with Crippen LogP contribution in [-0.4, -0.2) is 161 Å². The second-order valence-electron chi connectivity index (χ2n) is 33.4. The van der Waals surface area contributed by atoms with Crippen LogP contribution < -0.4 is 42.4 Å². The van der Waals surface area contributed by atoms with Crippen molar-refractivity contribution in [3.05, 3.63) is 379 Å². The third-order valence-electron chi connectivity index (χ3n) is 20.4. The lowest BCUT2D eigenvalue weighted by molar-refractivity contribution is -0.904. The molecule has 2 aliphatic rings. The molecule has 13 aromatic heterocycles. The summed E-state index contributed by atoms with van der Waals surface area (Å²) in [7, 11) is 3.49. The molecule has 1 atom stereocenters. The molecule has 12 N–H and O–H groups in total. The van der Waals surface area contributed by atoms with Crippen LogP contribution >= 0.6 is 0 Å². The standard InChI is InChI=1S/C9H11F.C8H13N3.C8H16N2O.2C8H11NO.C8H11N.C7H14N2O.2C7H10N2.C7H9N.3C6H8N2.C6H8NO.C5H7N3.C5H6N2/c1-3-8-6-9(10)5-4-7(8)2;1-3-5-9-8-10-6-4-7(2)11-8;1-7(9)10-5-3-8(11-2)4-6-10;1-3-8-6-9(10)5-4-7(8)2;1-3-8-6-7(2)4-5-9(8)10;1-3-8-6-7(2)4-5-9-8;1-6(8)9-4-3-7(5-9)10-2;1-6-2-3-9-7(4-6)5-8;1-3-7-8-5-4-6(2)9-7;1-6-3-4-8-7(2)5-6;1-5-3-4-7-6(2)8-5;2*1-5-2-3-8-6(7)4-5;1-6-2-4-7(8)5-3-6;1-4-2-3-7-5(6)8-4;1-5-2-3-6-4-7-5/h4-6H,3H2,1-2H3;4,6H,3,5H2,1-2H3,(H,9,10,11);8-9H,3-6H2,1-2H3;2*4-6H,3H2,1-2H3;4-6H,3H2,1-2H3;7-8H,3-5H2,1-2H3;2-4H,5,8H2,1H3;4-5H,3H2,1-2H3;3-5H,1-2H3;3-4H,1-2H3;2*2-4H,1H3,(H2,7,8);2-5,8H,1H3;2-3H,1H3,(H2,6,7,8);2-4H,1H3/q;;;;;;;;;;;;;+1;;. The Kier molecular flexibility index (Phi) is 67.1. The number of piperidine rings is 1. The van der Waals surface area contributed by atoms with E-state index in [1.165, 1.54) is 52.1 Å². The lowest BCUT2D eigenvalue weighted by atomic mass is 10.1. The topological polar surface area (TPSA) is 460 Å². The Hall–Kier alpha value is -14.8. The Morgan fingerprint density at radius 1 is 0.438 bits per heavy atom.